The average molecular weight is 489 g/mol. The van der Waals surface area contributed by atoms with Gasteiger partial charge in [-0.2, -0.15) is 0 Å². The second-order valence-corrected chi connectivity index (χ2v) is 7.48. The lowest BCUT2D eigenvalue weighted by atomic mass is 10.1. The van der Waals surface area contributed by atoms with Gasteiger partial charge in [-0.3, -0.25) is 15.1 Å². The Bertz CT molecular complexity index is 1220. The second kappa shape index (κ2) is 11.4. The van der Waals surface area contributed by atoms with E-state index in [0.29, 0.717) is 16.5 Å². The number of ether oxygens (including phenoxy) is 2. The Morgan fingerprint density at radius 1 is 1.15 bits per heavy atom. The molecule has 0 aliphatic rings. The highest BCUT2D eigenvalue weighted by Crippen LogP contribution is 2.20. The van der Waals surface area contributed by atoms with Gasteiger partial charge in [0.1, 0.15) is 18.2 Å². The predicted molar refractivity (Wildman–Crippen MR) is 124 cm³/mol. The van der Waals surface area contributed by atoms with E-state index in [-0.39, 0.29) is 36.4 Å². The lowest BCUT2D eigenvalue weighted by Crippen LogP contribution is -2.43. The van der Waals surface area contributed by atoms with Gasteiger partial charge in [0.05, 0.1) is 24.2 Å². The number of fused-ring (bicyclic) bond motifs is 1. The van der Waals surface area contributed by atoms with Gasteiger partial charge in [0.2, 0.25) is 5.91 Å². The Morgan fingerprint density at radius 3 is 2.68 bits per heavy atom. The van der Waals surface area contributed by atoms with E-state index in [9.17, 15) is 18.8 Å². The lowest BCUT2D eigenvalue weighted by Gasteiger charge is -2.22. The van der Waals surface area contributed by atoms with Crippen LogP contribution in [-0.2, 0) is 20.8 Å². The van der Waals surface area contributed by atoms with Crippen LogP contribution in [0.2, 0.25) is 5.02 Å². The predicted octanol–water partition coefficient (Wildman–Crippen LogP) is 3.92. The van der Waals surface area contributed by atoms with E-state index in [1.165, 1.54) is 37.4 Å². The number of methoxy groups -OCH3 is 1. The topological polar surface area (TPSA) is 110 Å². The van der Waals surface area contributed by atoms with E-state index >= 15 is 0 Å². The Balaban J connectivity index is 1.52. The van der Waals surface area contributed by atoms with Gasteiger partial charge in [-0.15, -0.1) is 0 Å². The molecule has 0 aliphatic carbocycles. The highest BCUT2D eigenvalue weighted by atomic mass is 35.5. The van der Waals surface area contributed by atoms with Gasteiger partial charge in [-0.25, -0.2) is 24.4 Å². The van der Waals surface area contributed by atoms with Crippen molar-refractivity contribution in [2.45, 2.75) is 13.5 Å². The molecule has 2 amide bonds. The molecule has 0 unspecified atom stereocenters. The van der Waals surface area contributed by atoms with Crippen LogP contribution in [0.1, 0.15) is 22.8 Å². The van der Waals surface area contributed by atoms with Crippen LogP contribution in [0.5, 0.6) is 0 Å². The Kier molecular flexibility index (Phi) is 8.34. The smallest absolute Gasteiger partial charge is 0.412 e. The van der Waals surface area contributed by atoms with Crippen LogP contribution in [0, 0.1) is 5.82 Å². The third-order valence-corrected chi connectivity index (χ3v) is 5.22. The number of pyridine rings is 1. The number of hydrazine groups is 1. The summed E-state index contributed by atoms with van der Waals surface area (Å²) in [6.45, 7) is 1.40. The number of halogens is 2. The van der Waals surface area contributed by atoms with Gasteiger partial charge >= 0.3 is 12.1 Å². The van der Waals surface area contributed by atoms with Crippen LogP contribution >= 0.6 is 11.6 Å². The molecule has 0 saturated carbocycles. The third-order valence-electron chi connectivity index (χ3n) is 4.79. The molecule has 3 rings (SSSR count). The summed E-state index contributed by atoms with van der Waals surface area (Å²) in [4.78, 5) is 39.8. The molecule has 34 heavy (non-hydrogen) atoms. The zero-order valence-electron chi connectivity index (χ0n) is 18.4. The average Bonchev–Trinajstić information content (AvgIpc) is 2.82. The summed E-state index contributed by atoms with van der Waals surface area (Å²) in [5.41, 5.74) is 3.71. The van der Waals surface area contributed by atoms with Crippen molar-refractivity contribution in [1.29, 1.82) is 0 Å². The number of anilines is 1. The zero-order chi connectivity index (χ0) is 24.7. The second-order valence-electron chi connectivity index (χ2n) is 7.10. The minimum absolute atomic E-state index is 0.0291. The summed E-state index contributed by atoms with van der Waals surface area (Å²) >= 11 is 5.92. The summed E-state index contributed by atoms with van der Waals surface area (Å²) in [5, 5.41) is 5.17. The number of hydrogen-bond acceptors (Lipinski definition) is 7. The largest absolute Gasteiger partial charge is 0.465 e. The summed E-state index contributed by atoms with van der Waals surface area (Å²) < 4.78 is 23.4. The molecule has 1 aromatic heterocycles. The van der Waals surface area contributed by atoms with Crippen molar-refractivity contribution in [3.05, 3.63) is 70.6 Å². The molecule has 0 fully saturated rings. The van der Waals surface area contributed by atoms with E-state index < -0.39 is 17.9 Å². The molecule has 178 valence electrons. The van der Waals surface area contributed by atoms with E-state index in [1.54, 1.807) is 30.3 Å². The van der Waals surface area contributed by atoms with Crippen LogP contribution in [-0.4, -0.2) is 48.2 Å². The Labute approximate surface area is 199 Å². The maximum Gasteiger partial charge on any atom is 0.412 e. The van der Waals surface area contributed by atoms with Gasteiger partial charge in [-0.05, 0) is 35.2 Å². The third kappa shape index (κ3) is 6.40. The molecule has 0 spiro atoms. The number of carbonyl (C=O) groups is 3. The van der Waals surface area contributed by atoms with Gasteiger partial charge in [0, 0.05) is 25.1 Å². The summed E-state index contributed by atoms with van der Waals surface area (Å²) in [7, 11) is 1.30. The molecular formula is C23H22ClFN4O5. The molecule has 0 bridgehead atoms. The Morgan fingerprint density at radius 2 is 1.94 bits per heavy atom. The van der Waals surface area contributed by atoms with Crippen molar-refractivity contribution < 1.29 is 28.2 Å². The molecule has 2 N–H and O–H groups in total. The first-order chi connectivity index (χ1) is 16.3. The van der Waals surface area contributed by atoms with Crippen LogP contribution in [0.25, 0.3) is 10.8 Å². The number of amides is 2. The van der Waals surface area contributed by atoms with E-state index in [4.69, 9.17) is 21.1 Å². The highest BCUT2D eigenvalue weighted by molar-refractivity contribution is 6.31. The van der Waals surface area contributed by atoms with E-state index in [2.05, 4.69) is 15.7 Å². The normalized spacial score (nSPS) is 10.6. The highest BCUT2D eigenvalue weighted by Gasteiger charge is 2.13. The summed E-state index contributed by atoms with van der Waals surface area (Å²) in [6.07, 6.45) is 0.755. The van der Waals surface area contributed by atoms with Crippen LogP contribution < -0.4 is 10.7 Å². The van der Waals surface area contributed by atoms with Gasteiger partial charge in [0.15, 0.2) is 0 Å². The number of benzene rings is 2. The van der Waals surface area contributed by atoms with Gasteiger partial charge in [-0.1, -0.05) is 29.8 Å². The maximum absolute atomic E-state index is 13.6. The fourth-order valence-electron chi connectivity index (χ4n) is 3.04. The monoisotopic (exact) mass is 488 g/mol. The van der Waals surface area contributed by atoms with Gasteiger partial charge < -0.3 is 9.47 Å². The maximum atomic E-state index is 13.6. The summed E-state index contributed by atoms with van der Waals surface area (Å²) in [5.74, 6) is -1.08. The van der Waals surface area contributed by atoms with Crippen LogP contribution in [0.4, 0.5) is 15.0 Å². The van der Waals surface area contributed by atoms with Crippen molar-refractivity contribution >= 4 is 46.2 Å². The number of nitrogens with zero attached hydrogens (tertiary/aromatic N) is 2. The first-order valence-electron chi connectivity index (χ1n) is 10.1. The van der Waals surface area contributed by atoms with Crippen LogP contribution in [0.15, 0.2) is 48.7 Å². The standard InChI is InChI=1S/C23H22ClFN4O5/c1-14(30)29(27-13-17-4-3-5-19(25)21(17)24)8-9-34-23(32)28-20-11-15-6-7-16(22(31)33-2)10-18(15)12-26-20/h3-7,10-12,27H,8-9,13H2,1-2H3,(H,26,28,32). The number of rotatable bonds is 8. The van der Waals surface area contributed by atoms with E-state index in [0.717, 1.165) is 5.39 Å². The molecule has 0 saturated heterocycles. The Hall–Kier alpha value is -3.76. The molecule has 0 atom stereocenters. The molecular weight excluding hydrogens is 467 g/mol. The van der Waals surface area contributed by atoms with Crippen LogP contribution in [0.3, 0.4) is 0 Å². The first kappa shape index (κ1) is 24.9. The molecule has 1 heterocycles. The molecule has 0 aliphatic heterocycles. The molecule has 0 radical (unpaired) electrons. The number of nitrogens with one attached hydrogen (secondary N) is 2. The van der Waals surface area contributed by atoms with Crippen molar-refractivity contribution in [3.63, 3.8) is 0 Å². The molecule has 3 aromatic rings. The summed E-state index contributed by atoms with van der Waals surface area (Å²) in [6, 6.07) is 11.0. The number of aromatic nitrogens is 1. The number of carbonyl (C=O) groups excluding carboxylic acids is 3. The molecule has 9 nitrogen and oxygen atoms in total. The molecule has 11 heteroatoms. The minimum atomic E-state index is -0.755. The number of hydrogen-bond donors (Lipinski definition) is 2. The van der Waals surface area contributed by atoms with Crippen molar-refractivity contribution in [1.82, 2.24) is 15.4 Å². The van der Waals surface area contributed by atoms with Crippen molar-refractivity contribution in [2.24, 2.45) is 0 Å². The molecule has 2 aromatic carbocycles. The van der Waals surface area contributed by atoms with Crippen molar-refractivity contribution in [2.75, 3.05) is 25.6 Å². The quantitative estimate of drug-likeness (QED) is 0.365. The van der Waals surface area contributed by atoms with Gasteiger partial charge in [0.25, 0.3) is 0 Å². The first-order valence-corrected chi connectivity index (χ1v) is 10.5. The lowest BCUT2D eigenvalue weighted by molar-refractivity contribution is -0.132. The van der Waals surface area contributed by atoms with E-state index in [1.807, 2.05) is 0 Å². The fraction of sp³-hybridized carbons (Fsp3) is 0.217. The van der Waals surface area contributed by atoms with Crippen molar-refractivity contribution in [3.8, 4) is 0 Å². The number of esters is 1. The SMILES string of the molecule is COC(=O)c1ccc2cc(NC(=O)OCCN(NCc3cccc(F)c3Cl)C(C)=O)ncc2c1. The minimum Gasteiger partial charge on any atom is -0.465 e. The zero-order valence-corrected chi connectivity index (χ0v) is 19.2. The fourth-order valence-corrected chi connectivity index (χ4v) is 3.23.